The standard InChI is InChI=1S/C25H18FN3O5/c26-20-8-4-17(5-9-20)16-33-22-10-6-18(7-11-22)25(30)28-27-15-23-12-13-24(34-23)19-2-1-3-21(14-19)29(31)32/h1-15H,16H2,(H,28,30)/b27-15-. The fourth-order valence-corrected chi connectivity index (χ4v) is 3.02. The van der Waals surface area contributed by atoms with Gasteiger partial charge >= 0.3 is 0 Å². The first-order valence-corrected chi connectivity index (χ1v) is 10.1. The van der Waals surface area contributed by atoms with Crippen LogP contribution in [0.1, 0.15) is 21.7 Å². The van der Waals surface area contributed by atoms with E-state index < -0.39 is 10.8 Å². The van der Waals surface area contributed by atoms with Gasteiger partial charge in [0.05, 0.1) is 11.1 Å². The van der Waals surface area contributed by atoms with Crippen molar-refractivity contribution >= 4 is 17.8 Å². The minimum Gasteiger partial charge on any atom is -0.489 e. The van der Waals surface area contributed by atoms with Gasteiger partial charge in [0.15, 0.2) is 0 Å². The number of halogens is 1. The van der Waals surface area contributed by atoms with Gasteiger partial charge in [-0.3, -0.25) is 14.9 Å². The Kier molecular flexibility index (Phi) is 6.73. The number of hydrogen-bond donors (Lipinski definition) is 1. The van der Waals surface area contributed by atoms with Crippen LogP contribution >= 0.6 is 0 Å². The van der Waals surface area contributed by atoms with Crippen molar-refractivity contribution in [2.24, 2.45) is 5.10 Å². The number of carbonyl (C=O) groups excluding carboxylic acids is 1. The quantitative estimate of drug-likeness (QED) is 0.218. The lowest BCUT2D eigenvalue weighted by Crippen LogP contribution is -2.17. The van der Waals surface area contributed by atoms with E-state index >= 15 is 0 Å². The fourth-order valence-electron chi connectivity index (χ4n) is 3.02. The minimum atomic E-state index is -0.478. The van der Waals surface area contributed by atoms with E-state index in [-0.39, 0.29) is 18.1 Å². The molecular weight excluding hydrogens is 441 g/mol. The summed E-state index contributed by atoms with van der Waals surface area (Å²) in [6.07, 6.45) is 1.33. The van der Waals surface area contributed by atoms with Gasteiger partial charge in [-0.15, -0.1) is 0 Å². The van der Waals surface area contributed by atoms with Gasteiger partial charge in [-0.05, 0) is 54.1 Å². The van der Waals surface area contributed by atoms with Crippen LogP contribution in [0.4, 0.5) is 10.1 Å². The first kappa shape index (κ1) is 22.4. The van der Waals surface area contributed by atoms with Gasteiger partial charge in [-0.25, -0.2) is 9.82 Å². The molecule has 1 amide bonds. The summed E-state index contributed by atoms with van der Waals surface area (Å²) in [4.78, 5) is 22.7. The molecule has 1 aromatic heterocycles. The third-order valence-electron chi connectivity index (χ3n) is 4.76. The second kappa shape index (κ2) is 10.2. The Morgan fingerprint density at radius 3 is 2.56 bits per heavy atom. The molecule has 8 nitrogen and oxygen atoms in total. The van der Waals surface area contributed by atoms with Crippen molar-refractivity contribution in [2.75, 3.05) is 0 Å². The van der Waals surface area contributed by atoms with Crippen LogP contribution in [-0.2, 0) is 6.61 Å². The average molecular weight is 459 g/mol. The van der Waals surface area contributed by atoms with Gasteiger partial charge in [0.25, 0.3) is 11.6 Å². The fraction of sp³-hybridized carbons (Fsp3) is 0.0400. The van der Waals surface area contributed by atoms with Gasteiger partial charge < -0.3 is 9.15 Å². The molecule has 9 heteroatoms. The highest BCUT2D eigenvalue weighted by Crippen LogP contribution is 2.25. The summed E-state index contributed by atoms with van der Waals surface area (Å²) in [7, 11) is 0. The topological polar surface area (TPSA) is 107 Å². The smallest absolute Gasteiger partial charge is 0.271 e. The molecule has 0 spiro atoms. The third kappa shape index (κ3) is 5.71. The maximum Gasteiger partial charge on any atom is 0.271 e. The maximum absolute atomic E-state index is 12.9. The molecule has 1 N–H and O–H groups in total. The highest BCUT2D eigenvalue weighted by atomic mass is 19.1. The minimum absolute atomic E-state index is 0.0387. The van der Waals surface area contributed by atoms with Crippen LogP contribution in [0.15, 0.2) is 94.4 Å². The zero-order valence-electron chi connectivity index (χ0n) is 17.7. The van der Waals surface area contributed by atoms with E-state index in [0.29, 0.717) is 28.4 Å². The molecule has 0 atom stereocenters. The van der Waals surface area contributed by atoms with E-state index in [9.17, 15) is 19.3 Å². The number of ether oxygens (including phenoxy) is 1. The zero-order valence-corrected chi connectivity index (χ0v) is 17.7. The van der Waals surface area contributed by atoms with E-state index in [1.165, 1.54) is 30.5 Å². The predicted octanol–water partition coefficient (Wildman–Crippen LogP) is 5.34. The number of nitrogens with one attached hydrogen (secondary N) is 1. The van der Waals surface area contributed by atoms with E-state index in [1.807, 2.05) is 0 Å². The lowest BCUT2D eigenvalue weighted by atomic mass is 10.1. The van der Waals surface area contributed by atoms with Gasteiger partial charge in [-0.2, -0.15) is 5.10 Å². The number of rotatable bonds is 8. The van der Waals surface area contributed by atoms with Crippen LogP contribution in [0.2, 0.25) is 0 Å². The second-order valence-electron chi connectivity index (χ2n) is 7.15. The Bertz CT molecular complexity index is 1330. The number of furan rings is 1. The van der Waals surface area contributed by atoms with Crippen LogP contribution in [0.25, 0.3) is 11.3 Å². The van der Waals surface area contributed by atoms with Gasteiger partial charge in [0.1, 0.15) is 29.7 Å². The molecular formula is C25H18FN3O5. The molecule has 3 aromatic carbocycles. The SMILES string of the molecule is O=C(N/N=C\c1ccc(-c2cccc([N+](=O)[O-])c2)o1)c1ccc(OCc2ccc(F)cc2)cc1. The molecule has 0 saturated carbocycles. The molecule has 0 unspecified atom stereocenters. The molecule has 0 aliphatic heterocycles. The molecule has 0 fully saturated rings. The number of amides is 1. The molecule has 34 heavy (non-hydrogen) atoms. The first-order valence-electron chi connectivity index (χ1n) is 10.1. The molecule has 0 aliphatic carbocycles. The molecule has 0 bridgehead atoms. The second-order valence-corrected chi connectivity index (χ2v) is 7.15. The summed E-state index contributed by atoms with van der Waals surface area (Å²) in [6.45, 7) is 0.275. The Labute approximate surface area is 193 Å². The van der Waals surface area contributed by atoms with E-state index in [2.05, 4.69) is 10.5 Å². The van der Waals surface area contributed by atoms with Crippen molar-refractivity contribution in [2.45, 2.75) is 6.61 Å². The molecule has 1 heterocycles. The number of nitrogens with zero attached hydrogens (tertiary/aromatic N) is 2. The predicted molar refractivity (Wildman–Crippen MR) is 123 cm³/mol. The number of nitro benzene ring substituents is 1. The molecule has 0 aliphatic rings. The Balaban J connectivity index is 1.31. The molecule has 4 aromatic rings. The van der Waals surface area contributed by atoms with Gasteiger partial charge in [0.2, 0.25) is 0 Å². The van der Waals surface area contributed by atoms with Crippen LogP contribution < -0.4 is 10.2 Å². The monoisotopic (exact) mass is 459 g/mol. The third-order valence-corrected chi connectivity index (χ3v) is 4.76. The average Bonchev–Trinajstić information content (AvgIpc) is 3.33. The molecule has 0 radical (unpaired) electrons. The first-order chi connectivity index (χ1) is 16.5. The van der Waals surface area contributed by atoms with E-state index in [4.69, 9.17) is 9.15 Å². The number of carbonyl (C=O) groups is 1. The van der Waals surface area contributed by atoms with Crippen molar-refractivity contribution in [3.63, 3.8) is 0 Å². The van der Waals surface area contributed by atoms with Crippen molar-refractivity contribution in [1.29, 1.82) is 0 Å². The van der Waals surface area contributed by atoms with Gasteiger partial charge in [-0.1, -0.05) is 24.3 Å². The summed E-state index contributed by atoms with van der Waals surface area (Å²) in [5.74, 6) is 0.635. The van der Waals surface area contributed by atoms with Crippen molar-refractivity contribution in [1.82, 2.24) is 5.43 Å². The highest BCUT2D eigenvalue weighted by molar-refractivity contribution is 5.94. The lowest BCUT2D eigenvalue weighted by Gasteiger charge is -2.07. The summed E-state index contributed by atoms with van der Waals surface area (Å²) < 4.78 is 24.2. The summed E-state index contributed by atoms with van der Waals surface area (Å²) in [5, 5.41) is 14.8. The maximum atomic E-state index is 12.9. The largest absolute Gasteiger partial charge is 0.489 e. The number of hydrogen-bond acceptors (Lipinski definition) is 6. The Morgan fingerprint density at radius 1 is 1.06 bits per heavy atom. The molecule has 4 rings (SSSR count). The zero-order chi connectivity index (χ0) is 23.9. The Hall–Kier alpha value is -4.79. The van der Waals surface area contributed by atoms with Crippen molar-refractivity contribution in [3.8, 4) is 17.1 Å². The Morgan fingerprint density at radius 2 is 1.82 bits per heavy atom. The molecule has 0 saturated heterocycles. The number of nitro groups is 1. The molecule has 170 valence electrons. The number of non-ortho nitro benzene ring substituents is 1. The van der Waals surface area contributed by atoms with Crippen LogP contribution in [0.3, 0.4) is 0 Å². The normalized spacial score (nSPS) is 10.9. The highest BCUT2D eigenvalue weighted by Gasteiger charge is 2.10. The van der Waals surface area contributed by atoms with Crippen molar-refractivity contribution in [3.05, 3.63) is 118 Å². The van der Waals surface area contributed by atoms with Crippen LogP contribution in [-0.4, -0.2) is 17.0 Å². The summed E-state index contributed by atoms with van der Waals surface area (Å²) in [6, 6.07) is 21.9. The van der Waals surface area contributed by atoms with Crippen LogP contribution in [0.5, 0.6) is 5.75 Å². The number of hydrazone groups is 1. The van der Waals surface area contributed by atoms with Crippen LogP contribution in [0, 0.1) is 15.9 Å². The lowest BCUT2D eigenvalue weighted by molar-refractivity contribution is -0.384. The van der Waals surface area contributed by atoms with E-state index in [1.54, 1.807) is 60.7 Å². The summed E-state index contributed by atoms with van der Waals surface area (Å²) in [5.41, 5.74) is 4.13. The number of benzene rings is 3. The summed E-state index contributed by atoms with van der Waals surface area (Å²) >= 11 is 0. The van der Waals surface area contributed by atoms with Gasteiger partial charge in [0, 0.05) is 23.3 Å². The van der Waals surface area contributed by atoms with Crippen molar-refractivity contribution < 1.29 is 23.3 Å². The van der Waals surface area contributed by atoms with E-state index in [0.717, 1.165) is 5.56 Å².